The summed E-state index contributed by atoms with van der Waals surface area (Å²) in [5.74, 6) is 1.19. The molecule has 22 heavy (non-hydrogen) atoms. The van der Waals surface area contributed by atoms with Crippen molar-refractivity contribution in [2.45, 2.75) is 38.0 Å². The van der Waals surface area contributed by atoms with E-state index in [1.165, 1.54) is 12.8 Å². The largest absolute Gasteiger partial charge is 0.365 e. The zero-order chi connectivity index (χ0) is 15.2. The minimum atomic E-state index is 0.0903. The van der Waals surface area contributed by atoms with E-state index in [4.69, 9.17) is 4.52 Å². The van der Waals surface area contributed by atoms with E-state index in [0.29, 0.717) is 5.92 Å². The molecule has 0 aromatic carbocycles. The second kappa shape index (κ2) is 7.63. The predicted molar refractivity (Wildman–Crippen MR) is 83.7 cm³/mol. The molecular formula is C16H26N4O2. The topological polar surface area (TPSA) is 70.4 Å². The average Bonchev–Trinajstić information content (AvgIpc) is 3.10. The van der Waals surface area contributed by atoms with Crippen molar-refractivity contribution in [1.82, 2.24) is 20.7 Å². The van der Waals surface area contributed by atoms with Crippen LogP contribution in [0.15, 0.2) is 16.9 Å². The normalized spacial score (nSPS) is 21.0. The molecule has 0 aliphatic carbocycles. The SMILES string of the molecule is O=C(NCCC1CCNCC1)N1CCC(c2ccon2)CC1. The van der Waals surface area contributed by atoms with Gasteiger partial charge in [-0.2, -0.15) is 0 Å². The maximum Gasteiger partial charge on any atom is 0.317 e. The Balaban J connectivity index is 1.35. The fourth-order valence-electron chi connectivity index (χ4n) is 3.48. The van der Waals surface area contributed by atoms with Crippen molar-refractivity contribution in [2.75, 3.05) is 32.7 Å². The Hall–Kier alpha value is -1.56. The number of urea groups is 1. The van der Waals surface area contributed by atoms with E-state index in [9.17, 15) is 4.79 Å². The molecule has 2 N–H and O–H groups in total. The summed E-state index contributed by atoms with van der Waals surface area (Å²) in [5, 5.41) is 10.5. The average molecular weight is 306 g/mol. The standard InChI is InChI=1S/C16H26N4O2/c21-16(18-9-3-13-1-7-17-8-2-13)20-10-4-14(5-11-20)15-6-12-22-19-15/h6,12-14,17H,1-5,7-11H2,(H,18,21). The van der Waals surface area contributed by atoms with Crippen molar-refractivity contribution in [2.24, 2.45) is 5.92 Å². The number of carbonyl (C=O) groups is 1. The van der Waals surface area contributed by atoms with Gasteiger partial charge in [0.1, 0.15) is 6.26 Å². The number of hydrogen-bond acceptors (Lipinski definition) is 4. The Kier molecular flexibility index (Phi) is 5.32. The number of amides is 2. The number of nitrogens with one attached hydrogen (secondary N) is 2. The third-order valence-electron chi connectivity index (χ3n) is 4.95. The van der Waals surface area contributed by atoms with Crippen LogP contribution in [0.25, 0.3) is 0 Å². The van der Waals surface area contributed by atoms with Crippen LogP contribution in [-0.4, -0.2) is 48.8 Å². The summed E-state index contributed by atoms with van der Waals surface area (Å²) in [7, 11) is 0. The Morgan fingerprint density at radius 3 is 2.77 bits per heavy atom. The first-order chi connectivity index (χ1) is 10.8. The molecule has 2 amide bonds. The number of aromatic nitrogens is 1. The molecule has 1 aromatic rings. The predicted octanol–water partition coefficient (Wildman–Crippen LogP) is 1.95. The van der Waals surface area contributed by atoms with E-state index in [0.717, 1.165) is 63.6 Å². The summed E-state index contributed by atoms with van der Waals surface area (Å²) < 4.78 is 4.91. The van der Waals surface area contributed by atoms with E-state index >= 15 is 0 Å². The molecular weight excluding hydrogens is 280 g/mol. The molecule has 2 aliphatic heterocycles. The van der Waals surface area contributed by atoms with Crippen molar-refractivity contribution >= 4 is 6.03 Å². The Morgan fingerprint density at radius 1 is 1.32 bits per heavy atom. The van der Waals surface area contributed by atoms with Crippen molar-refractivity contribution in [1.29, 1.82) is 0 Å². The summed E-state index contributed by atoms with van der Waals surface area (Å²) in [6.07, 6.45) is 7.12. The molecule has 0 radical (unpaired) electrons. The second-order valence-electron chi connectivity index (χ2n) is 6.40. The van der Waals surface area contributed by atoms with Gasteiger partial charge in [0.2, 0.25) is 0 Å². The summed E-state index contributed by atoms with van der Waals surface area (Å²) >= 11 is 0. The van der Waals surface area contributed by atoms with Crippen LogP contribution in [0.2, 0.25) is 0 Å². The lowest BCUT2D eigenvalue weighted by molar-refractivity contribution is 0.179. The Bertz CT molecular complexity index is 449. The molecule has 3 heterocycles. The number of piperidine rings is 2. The van der Waals surface area contributed by atoms with Gasteiger partial charge in [0.25, 0.3) is 0 Å². The summed E-state index contributed by atoms with van der Waals surface area (Å²) in [5.41, 5.74) is 1.02. The van der Waals surface area contributed by atoms with Crippen LogP contribution in [0.3, 0.4) is 0 Å². The van der Waals surface area contributed by atoms with Crippen molar-refractivity contribution in [3.63, 3.8) is 0 Å². The molecule has 122 valence electrons. The maximum atomic E-state index is 12.2. The van der Waals surface area contributed by atoms with Gasteiger partial charge in [-0.25, -0.2) is 4.79 Å². The number of hydrogen-bond donors (Lipinski definition) is 2. The van der Waals surface area contributed by atoms with E-state index in [2.05, 4.69) is 15.8 Å². The first-order valence-corrected chi connectivity index (χ1v) is 8.46. The van der Waals surface area contributed by atoms with Gasteiger partial charge in [-0.3, -0.25) is 0 Å². The highest BCUT2D eigenvalue weighted by molar-refractivity contribution is 5.74. The van der Waals surface area contributed by atoms with Crippen LogP contribution >= 0.6 is 0 Å². The molecule has 2 saturated heterocycles. The van der Waals surface area contributed by atoms with Crippen LogP contribution in [0.4, 0.5) is 4.79 Å². The highest BCUT2D eigenvalue weighted by Gasteiger charge is 2.25. The number of carbonyl (C=O) groups excluding carboxylic acids is 1. The highest BCUT2D eigenvalue weighted by Crippen LogP contribution is 2.26. The summed E-state index contributed by atoms with van der Waals surface area (Å²) in [6, 6.07) is 2.02. The smallest absolute Gasteiger partial charge is 0.317 e. The maximum absolute atomic E-state index is 12.2. The summed E-state index contributed by atoms with van der Waals surface area (Å²) in [4.78, 5) is 14.1. The molecule has 6 nitrogen and oxygen atoms in total. The molecule has 0 saturated carbocycles. The van der Waals surface area contributed by atoms with Gasteiger partial charge in [0.15, 0.2) is 0 Å². The minimum absolute atomic E-state index is 0.0903. The summed E-state index contributed by atoms with van der Waals surface area (Å²) in [6.45, 7) is 4.64. The van der Waals surface area contributed by atoms with E-state index in [1.54, 1.807) is 6.26 Å². The minimum Gasteiger partial charge on any atom is -0.365 e. The Labute approximate surface area is 131 Å². The fourth-order valence-corrected chi connectivity index (χ4v) is 3.48. The lowest BCUT2D eigenvalue weighted by atomic mass is 9.94. The molecule has 0 atom stereocenters. The molecule has 2 aliphatic rings. The lowest BCUT2D eigenvalue weighted by Crippen LogP contribution is -2.44. The third kappa shape index (κ3) is 4.00. The molecule has 2 fully saturated rings. The van der Waals surface area contributed by atoms with Gasteiger partial charge in [0, 0.05) is 31.6 Å². The van der Waals surface area contributed by atoms with Crippen molar-refractivity contribution in [3.05, 3.63) is 18.0 Å². The van der Waals surface area contributed by atoms with Crippen LogP contribution in [0, 0.1) is 5.92 Å². The fraction of sp³-hybridized carbons (Fsp3) is 0.750. The van der Waals surface area contributed by atoms with Crippen molar-refractivity contribution < 1.29 is 9.32 Å². The molecule has 6 heteroatoms. The van der Waals surface area contributed by atoms with E-state index in [-0.39, 0.29) is 6.03 Å². The van der Waals surface area contributed by atoms with Crippen LogP contribution in [-0.2, 0) is 0 Å². The van der Waals surface area contributed by atoms with Crippen molar-refractivity contribution in [3.8, 4) is 0 Å². The molecule has 0 unspecified atom stereocenters. The van der Waals surface area contributed by atoms with Crippen LogP contribution in [0.1, 0.15) is 43.7 Å². The molecule has 0 bridgehead atoms. The number of nitrogens with zero attached hydrogens (tertiary/aromatic N) is 2. The van der Waals surface area contributed by atoms with Gasteiger partial charge in [-0.15, -0.1) is 0 Å². The number of likely N-dealkylation sites (tertiary alicyclic amines) is 1. The Morgan fingerprint density at radius 2 is 2.09 bits per heavy atom. The van der Waals surface area contributed by atoms with Gasteiger partial charge >= 0.3 is 6.03 Å². The van der Waals surface area contributed by atoms with Gasteiger partial charge in [-0.05, 0) is 51.1 Å². The van der Waals surface area contributed by atoms with Crippen LogP contribution < -0.4 is 10.6 Å². The van der Waals surface area contributed by atoms with E-state index in [1.807, 2.05) is 11.0 Å². The van der Waals surface area contributed by atoms with Gasteiger partial charge < -0.3 is 20.1 Å². The zero-order valence-electron chi connectivity index (χ0n) is 13.1. The number of rotatable bonds is 4. The monoisotopic (exact) mass is 306 g/mol. The van der Waals surface area contributed by atoms with E-state index < -0.39 is 0 Å². The second-order valence-corrected chi connectivity index (χ2v) is 6.40. The molecule has 0 spiro atoms. The highest BCUT2D eigenvalue weighted by atomic mass is 16.5. The van der Waals surface area contributed by atoms with Crippen LogP contribution in [0.5, 0.6) is 0 Å². The first-order valence-electron chi connectivity index (χ1n) is 8.46. The quantitative estimate of drug-likeness (QED) is 0.892. The molecule has 1 aromatic heterocycles. The van der Waals surface area contributed by atoms with Gasteiger partial charge in [-0.1, -0.05) is 5.16 Å². The molecule has 3 rings (SSSR count). The third-order valence-corrected chi connectivity index (χ3v) is 4.95. The van der Waals surface area contributed by atoms with Gasteiger partial charge in [0.05, 0.1) is 5.69 Å². The zero-order valence-corrected chi connectivity index (χ0v) is 13.1. The lowest BCUT2D eigenvalue weighted by Gasteiger charge is -2.31. The first kappa shape index (κ1) is 15.3.